The van der Waals surface area contributed by atoms with Gasteiger partial charge in [-0.15, -0.1) is 0 Å². The van der Waals surface area contributed by atoms with Gasteiger partial charge in [0.1, 0.15) is 29.3 Å². The fraction of sp³-hybridized carbons (Fsp3) is 0.222. The number of furan rings is 1. The molecular weight excluding hydrogens is 292 g/mol. The molecule has 0 radical (unpaired) electrons. The van der Waals surface area contributed by atoms with Gasteiger partial charge >= 0.3 is 0 Å². The molecule has 5 heteroatoms. The second kappa shape index (κ2) is 6.41. The fourth-order valence-electron chi connectivity index (χ4n) is 2.52. The first kappa shape index (κ1) is 14.9. The predicted molar refractivity (Wildman–Crippen MR) is 84.4 cm³/mol. The third-order valence-electron chi connectivity index (χ3n) is 3.60. The van der Waals surface area contributed by atoms with Crippen molar-refractivity contribution in [2.24, 2.45) is 0 Å². The maximum Gasteiger partial charge on any atom is 0.262 e. The van der Waals surface area contributed by atoms with E-state index in [1.54, 1.807) is 18.2 Å². The molecule has 0 saturated carbocycles. The second-order valence-corrected chi connectivity index (χ2v) is 5.43. The molecule has 2 aromatic rings. The van der Waals surface area contributed by atoms with E-state index >= 15 is 0 Å². The molecule has 1 aliphatic heterocycles. The molecule has 1 amide bonds. The summed E-state index contributed by atoms with van der Waals surface area (Å²) in [5, 5.41) is 11.9. The van der Waals surface area contributed by atoms with Crippen molar-refractivity contribution in [3.05, 3.63) is 59.1 Å². The molecule has 23 heavy (non-hydrogen) atoms. The first-order chi connectivity index (χ1) is 11.2. The van der Waals surface area contributed by atoms with Gasteiger partial charge in [0.2, 0.25) is 0 Å². The molecule has 1 aromatic heterocycles. The van der Waals surface area contributed by atoms with Crippen molar-refractivity contribution in [1.82, 2.24) is 5.32 Å². The fourth-order valence-corrected chi connectivity index (χ4v) is 2.52. The van der Waals surface area contributed by atoms with Crippen molar-refractivity contribution in [2.75, 3.05) is 0 Å². The van der Waals surface area contributed by atoms with Gasteiger partial charge in [-0.25, -0.2) is 0 Å². The lowest BCUT2D eigenvalue weighted by Crippen LogP contribution is -2.23. The highest BCUT2D eigenvalue weighted by Gasteiger charge is 2.19. The van der Waals surface area contributed by atoms with Gasteiger partial charge in [-0.05, 0) is 48.4 Å². The molecule has 0 bridgehead atoms. The molecule has 116 valence electrons. The summed E-state index contributed by atoms with van der Waals surface area (Å²) in [6.07, 6.45) is 4.12. The van der Waals surface area contributed by atoms with Gasteiger partial charge in [-0.1, -0.05) is 6.07 Å². The maximum absolute atomic E-state index is 12.1. The number of fused-ring (bicyclic) bond motifs is 1. The molecule has 1 aromatic carbocycles. The largest absolute Gasteiger partial charge is 0.490 e. The molecule has 3 rings (SSSR count). The lowest BCUT2D eigenvalue weighted by atomic mass is 10.0. The van der Waals surface area contributed by atoms with Gasteiger partial charge in [-0.3, -0.25) is 4.79 Å². The standard InChI is InChI=1S/C18H16N2O3/c1-12-7-14-8-13(4-5-17(14)23-12)9-15(10-19)18(21)20-11-16-3-2-6-22-16/h2-6,8-9,12H,7,11H2,1H3,(H,20,21)/b15-9+. The number of benzene rings is 1. The Morgan fingerprint density at radius 1 is 1.48 bits per heavy atom. The zero-order chi connectivity index (χ0) is 16.2. The molecule has 0 saturated heterocycles. The first-order valence-electron chi connectivity index (χ1n) is 7.37. The summed E-state index contributed by atoms with van der Waals surface area (Å²) in [6.45, 7) is 2.26. The van der Waals surface area contributed by atoms with Crippen LogP contribution in [-0.4, -0.2) is 12.0 Å². The molecule has 2 heterocycles. The average molecular weight is 308 g/mol. The van der Waals surface area contributed by atoms with E-state index in [1.807, 2.05) is 31.2 Å². The van der Waals surface area contributed by atoms with Crippen LogP contribution in [0.4, 0.5) is 0 Å². The molecule has 0 aliphatic carbocycles. The van der Waals surface area contributed by atoms with Crippen LogP contribution >= 0.6 is 0 Å². The topological polar surface area (TPSA) is 75.3 Å². The minimum absolute atomic E-state index is 0.0588. The Hall–Kier alpha value is -3.00. The van der Waals surface area contributed by atoms with Crippen molar-refractivity contribution in [3.63, 3.8) is 0 Å². The van der Waals surface area contributed by atoms with E-state index < -0.39 is 5.91 Å². The molecule has 1 unspecified atom stereocenters. The summed E-state index contributed by atoms with van der Waals surface area (Å²) < 4.78 is 10.8. The summed E-state index contributed by atoms with van der Waals surface area (Å²) in [6, 6.07) is 11.1. The molecular formula is C18H16N2O3. The highest BCUT2D eigenvalue weighted by Crippen LogP contribution is 2.29. The van der Waals surface area contributed by atoms with Crippen LogP contribution in [0.5, 0.6) is 5.75 Å². The number of nitrogens with zero attached hydrogens (tertiary/aromatic N) is 1. The summed E-state index contributed by atoms with van der Waals surface area (Å²) in [4.78, 5) is 12.1. The SMILES string of the molecule is CC1Cc2cc(/C=C(\C#N)C(=O)NCc3ccco3)ccc2O1. The van der Waals surface area contributed by atoms with Gasteiger partial charge in [0.05, 0.1) is 12.8 Å². The Balaban J connectivity index is 1.73. The summed E-state index contributed by atoms with van der Waals surface area (Å²) in [5.41, 5.74) is 1.97. The first-order valence-corrected chi connectivity index (χ1v) is 7.37. The lowest BCUT2D eigenvalue weighted by molar-refractivity contribution is -0.117. The van der Waals surface area contributed by atoms with Crippen LogP contribution < -0.4 is 10.1 Å². The van der Waals surface area contributed by atoms with Gasteiger partial charge < -0.3 is 14.5 Å². The molecule has 1 aliphatic rings. The number of amides is 1. The minimum Gasteiger partial charge on any atom is -0.490 e. The van der Waals surface area contributed by atoms with Crippen LogP contribution in [0.2, 0.25) is 0 Å². The van der Waals surface area contributed by atoms with Crippen LogP contribution in [0, 0.1) is 11.3 Å². The Bertz CT molecular complexity index is 785. The Labute approximate surface area is 134 Å². The third kappa shape index (κ3) is 3.43. The van der Waals surface area contributed by atoms with E-state index in [-0.39, 0.29) is 18.2 Å². The minimum atomic E-state index is -0.422. The monoisotopic (exact) mass is 308 g/mol. The van der Waals surface area contributed by atoms with Crippen LogP contribution in [0.3, 0.4) is 0 Å². The number of hydrogen-bond acceptors (Lipinski definition) is 4. The van der Waals surface area contributed by atoms with Crippen LogP contribution in [0.15, 0.2) is 46.6 Å². The van der Waals surface area contributed by atoms with Crippen molar-refractivity contribution < 1.29 is 13.9 Å². The summed E-state index contributed by atoms with van der Waals surface area (Å²) in [5.74, 6) is 1.09. The van der Waals surface area contributed by atoms with E-state index in [9.17, 15) is 10.1 Å². The second-order valence-electron chi connectivity index (χ2n) is 5.43. The average Bonchev–Trinajstić information content (AvgIpc) is 3.18. The van der Waals surface area contributed by atoms with Crippen molar-refractivity contribution in [3.8, 4) is 11.8 Å². The molecule has 0 fully saturated rings. The van der Waals surface area contributed by atoms with Crippen molar-refractivity contribution in [1.29, 1.82) is 5.26 Å². The number of carbonyl (C=O) groups is 1. The molecule has 0 spiro atoms. The van der Waals surface area contributed by atoms with Crippen LogP contribution in [-0.2, 0) is 17.8 Å². The van der Waals surface area contributed by atoms with Crippen molar-refractivity contribution >= 4 is 12.0 Å². The number of nitriles is 1. The smallest absolute Gasteiger partial charge is 0.262 e. The number of hydrogen-bond donors (Lipinski definition) is 1. The van der Waals surface area contributed by atoms with E-state index in [1.165, 1.54) is 6.26 Å². The zero-order valence-electron chi connectivity index (χ0n) is 12.7. The predicted octanol–water partition coefficient (Wildman–Crippen LogP) is 2.83. The van der Waals surface area contributed by atoms with Gasteiger partial charge in [0.15, 0.2) is 0 Å². The third-order valence-corrected chi connectivity index (χ3v) is 3.60. The molecule has 1 N–H and O–H groups in total. The Morgan fingerprint density at radius 2 is 2.35 bits per heavy atom. The summed E-state index contributed by atoms with van der Waals surface area (Å²) in [7, 11) is 0. The van der Waals surface area contributed by atoms with E-state index in [4.69, 9.17) is 9.15 Å². The lowest BCUT2D eigenvalue weighted by Gasteiger charge is -2.03. The maximum atomic E-state index is 12.1. The Morgan fingerprint density at radius 3 is 3.09 bits per heavy atom. The zero-order valence-corrected chi connectivity index (χ0v) is 12.7. The van der Waals surface area contributed by atoms with E-state index in [2.05, 4.69) is 5.32 Å². The highest BCUT2D eigenvalue weighted by molar-refractivity contribution is 6.01. The summed E-state index contributed by atoms with van der Waals surface area (Å²) >= 11 is 0. The number of nitrogens with one attached hydrogen (secondary N) is 1. The van der Waals surface area contributed by atoms with Gasteiger partial charge in [-0.2, -0.15) is 5.26 Å². The van der Waals surface area contributed by atoms with E-state index in [0.717, 1.165) is 23.3 Å². The normalized spacial score (nSPS) is 16.3. The number of ether oxygens (including phenoxy) is 1. The number of carbonyl (C=O) groups excluding carboxylic acids is 1. The van der Waals surface area contributed by atoms with Crippen LogP contribution in [0.25, 0.3) is 6.08 Å². The van der Waals surface area contributed by atoms with Crippen LogP contribution in [0.1, 0.15) is 23.8 Å². The van der Waals surface area contributed by atoms with E-state index in [0.29, 0.717) is 5.76 Å². The molecule has 5 nitrogen and oxygen atoms in total. The molecule has 1 atom stereocenters. The highest BCUT2D eigenvalue weighted by atomic mass is 16.5. The van der Waals surface area contributed by atoms with Crippen molar-refractivity contribution in [2.45, 2.75) is 26.0 Å². The Kier molecular flexibility index (Phi) is 4.15. The van der Waals surface area contributed by atoms with Gasteiger partial charge in [0, 0.05) is 6.42 Å². The quantitative estimate of drug-likeness (QED) is 0.696. The van der Waals surface area contributed by atoms with Gasteiger partial charge in [0.25, 0.3) is 5.91 Å². The number of rotatable bonds is 4.